The Balaban J connectivity index is 1.56. The lowest BCUT2D eigenvalue weighted by atomic mass is 10.1. The van der Waals surface area contributed by atoms with Crippen LogP contribution in [0.25, 0.3) is 16.6 Å². The van der Waals surface area contributed by atoms with Gasteiger partial charge in [0.1, 0.15) is 11.6 Å². The fourth-order valence-corrected chi connectivity index (χ4v) is 7.00. The number of carboxylic acid groups (broad SMARTS) is 1. The van der Waals surface area contributed by atoms with E-state index in [1.54, 1.807) is 11.0 Å². The topological polar surface area (TPSA) is 150 Å². The lowest BCUT2D eigenvalue weighted by molar-refractivity contribution is 0.144. The molecule has 0 atom stereocenters. The van der Waals surface area contributed by atoms with E-state index in [2.05, 4.69) is 4.74 Å². The molecule has 1 aromatic heterocycles. The van der Waals surface area contributed by atoms with Gasteiger partial charge >= 0.3 is 6.16 Å². The summed E-state index contributed by atoms with van der Waals surface area (Å²) in [6.07, 6.45) is 1.45. The molecule has 2 fully saturated rings. The van der Waals surface area contributed by atoms with Gasteiger partial charge < -0.3 is 24.2 Å². The van der Waals surface area contributed by atoms with E-state index in [0.717, 1.165) is 24.8 Å². The fourth-order valence-electron chi connectivity index (χ4n) is 5.35. The normalized spacial score (nSPS) is 17.4. The second kappa shape index (κ2) is 11.4. The van der Waals surface area contributed by atoms with Gasteiger partial charge in [-0.25, -0.2) is 30.4 Å². The molecule has 2 aliphatic heterocycles. The van der Waals surface area contributed by atoms with E-state index < -0.39 is 49.0 Å². The summed E-state index contributed by atoms with van der Waals surface area (Å²) < 4.78 is 87.0. The van der Waals surface area contributed by atoms with E-state index in [1.165, 1.54) is 31.4 Å². The number of hydrogen-bond acceptors (Lipinski definition) is 9. The van der Waals surface area contributed by atoms with Crippen LogP contribution in [-0.4, -0.2) is 106 Å². The summed E-state index contributed by atoms with van der Waals surface area (Å²) in [4.78, 5) is 27.8. The number of benzene rings is 2. The first-order chi connectivity index (χ1) is 20.1. The van der Waals surface area contributed by atoms with Gasteiger partial charge in [0.15, 0.2) is 5.75 Å². The molecule has 3 heterocycles. The fraction of sp³-hybridized carbons (Fsp3) is 0.385. The lowest BCUT2D eigenvalue weighted by Crippen LogP contribution is -2.48. The maximum Gasteiger partial charge on any atom is 0.511 e. The van der Waals surface area contributed by atoms with Crippen LogP contribution in [0.4, 0.5) is 25.0 Å². The molecule has 5 rings (SSSR count). The quantitative estimate of drug-likeness (QED) is 0.393. The number of anilines is 2. The van der Waals surface area contributed by atoms with Gasteiger partial charge in [-0.05, 0) is 30.3 Å². The van der Waals surface area contributed by atoms with Crippen molar-refractivity contribution < 1.29 is 40.3 Å². The molecular formula is C26H29F2N5O8S2. The van der Waals surface area contributed by atoms with Gasteiger partial charge in [-0.2, -0.15) is 8.61 Å². The highest BCUT2D eigenvalue weighted by Gasteiger charge is 2.27. The summed E-state index contributed by atoms with van der Waals surface area (Å²) in [5, 5.41) is 8.90. The minimum Gasteiger partial charge on any atom is -0.449 e. The second-order valence-electron chi connectivity index (χ2n) is 10.3. The van der Waals surface area contributed by atoms with Crippen LogP contribution in [0, 0.1) is 11.6 Å². The van der Waals surface area contributed by atoms with Crippen molar-refractivity contribution in [3.63, 3.8) is 0 Å². The van der Waals surface area contributed by atoms with Gasteiger partial charge in [0, 0.05) is 58.0 Å². The highest BCUT2D eigenvalue weighted by Crippen LogP contribution is 2.31. The Hall–Kier alpha value is -3.80. The summed E-state index contributed by atoms with van der Waals surface area (Å²) in [6.45, 7) is 1.68. The average molecular weight is 642 g/mol. The smallest absolute Gasteiger partial charge is 0.449 e. The zero-order valence-corrected chi connectivity index (χ0v) is 24.9. The van der Waals surface area contributed by atoms with Crippen LogP contribution in [0.2, 0.25) is 0 Å². The van der Waals surface area contributed by atoms with Crippen LogP contribution in [0.3, 0.4) is 0 Å². The van der Waals surface area contributed by atoms with E-state index in [0.29, 0.717) is 18.8 Å². The number of nitrogens with zero attached hydrogens (tertiary/aromatic N) is 5. The van der Waals surface area contributed by atoms with Gasteiger partial charge in [-0.3, -0.25) is 4.79 Å². The van der Waals surface area contributed by atoms with E-state index in [1.807, 2.05) is 4.90 Å². The summed E-state index contributed by atoms with van der Waals surface area (Å²) in [6, 6.07) is 6.52. The van der Waals surface area contributed by atoms with E-state index in [9.17, 15) is 26.4 Å². The third-order valence-corrected chi connectivity index (χ3v) is 10.2. The Bertz CT molecular complexity index is 1870. The van der Waals surface area contributed by atoms with Crippen molar-refractivity contribution in [3.8, 4) is 11.4 Å². The molecule has 0 amide bonds. The predicted octanol–water partition coefficient (Wildman–Crippen LogP) is 1.49. The molecule has 2 saturated heterocycles. The van der Waals surface area contributed by atoms with Gasteiger partial charge in [-0.1, -0.05) is 0 Å². The van der Waals surface area contributed by atoms with Crippen LogP contribution in [-0.2, 0) is 20.0 Å². The molecule has 17 heteroatoms. The van der Waals surface area contributed by atoms with Crippen LogP contribution < -0.4 is 20.0 Å². The Morgan fingerprint density at radius 3 is 1.84 bits per heavy atom. The molecular weight excluding hydrogens is 612 g/mol. The van der Waals surface area contributed by atoms with Crippen molar-refractivity contribution >= 4 is 48.5 Å². The van der Waals surface area contributed by atoms with Crippen molar-refractivity contribution in [1.29, 1.82) is 0 Å². The molecule has 2 aromatic carbocycles. The van der Waals surface area contributed by atoms with E-state index in [-0.39, 0.29) is 61.5 Å². The van der Waals surface area contributed by atoms with Crippen molar-refractivity contribution in [2.75, 3.05) is 74.7 Å². The minimum atomic E-state index is -3.43. The Labute approximate surface area is 246 Å². The molecule has 0 bridgehead atoms. The zero-order valence-electron chi connectivity index (χ0n) is 23.2. The number of ether oxygens (including phenoxy) is 1. The van der Waals surface area contributed by atoms with Crippen molar-refractivity contribution in [1.82, 2.24) is 13.2 Å². The van der Waals surface area contributed by atoms with E-state index in [4.69, 9.17) is 5.11 Å². The molecule has 43 heavy (non-hydrogen) atoms. The molecule has 13 nitrogen and oxygen atoms in total. The third-order valence-electron chi connectivity index (χ3n) is 7.55. The SMILES string of the molecule is CS(=O)(=O)N1CCN(c2ccc(-n3cc(OC(=O)O)c(=O)c4cc(F)c(N5CCN(S(C)(=O)=O)CC5)cc43)c(F)c2)CC1. The number of halogens is 2. The van der Waals surface area contributed by atoms with Gasteiger partial charge in [-0.15, -0.1) is 0 Å². The maximum absolute atomic E-state index is 15.7. The molecule has 0 aliphatic carbocycles. The lowest BCUT2D eigenvalue weighted by Gasteiger charge is -2.35. The summed E-state index contributed by atoms with van der Waals surface area (Å²) in [5.74, 6) is -2.21. The number of hydrogen-bond donors (Lipinski definition) is 1. The number of sulfonamides is 2. The van der Waals surface area contributed by atoms with Crippen LogP contribution >= 0.6 is 0 Å². The third kappa shape index (κ3) is 6.29. The average Bonchev–Trinajstić information content (AvgIpc) is 2.93. The van der Waals surface area contributed by atoms with Crippen LogP contribution in [0.1, 0.15) is 0 Å². The summed E-state index contributed by atoms with van der Waals surface area (Å²) >= 11 is 0. The highest BCUT2D eigenvalue weighted by molar-refractivity contribution is 7.88. The largest absolute Gasteiger partial charge is 0.511 e. The van der Waals surface area contributed by atoms with Gasteiger partial charge in [0.25, 0.3) is 0 Å². The van der Waals surface area contributed by atoms with Gasteiger partial charge in [0.2, 0.25) is 25.5 Å². The first-order valence-corrected chi connectivity index (χ1v) is 16.8. The molecule has 3 aromatic rings. The molecule has 232 valence electrons. The standard InChI is InChI=1S/C26H29F2N5O8S2/c1-42(37,38)31-9-5-29(6-10-31)17-3-4-21(19(27)13-17)33-16-24(41-26(35)36)25(34)18-14-20(28)23(15-22(18)33)30-7-11-32(12-8-30)43(2,39)40/h3-4,13-16H,5-12H2,1-2H3,(H,35,36). The second-order valence-corrected chi connectivity index (χ2v) is 14.3. The number of pyridine rings is 1. The molecule has 0 saturated carbocycles. The summed E-state index contributed by atoms with van der Waals surface area (Å²) in [7, 11) is -6.79. The Morgan fingerprint density at radius 1 is 0.791 bits per heavy atom. The molecule has 0 radical (unpaired) electrons. The molecule has 1 N–H and O–H groups in total. The first-order valence-electron chi connectivity index (χ1n) is 13.1. The first kappa shape index (κ1) is 30.7. The Kier molecular flexibility index (Phi) is 8.10. The summed E-state index contributed by atoms with van der Waals surface area (Å²) in [5.41, 5.74) is -0.392. The molecule has 0 spiro atoms. The van der Waals surface area contributed by atoms with Crippen molar-refractivity contribution in [2.45, 2.75) is 0 Å². The number of carbonyl (C=O) groups is 1. The Morgan fingerprint density at radius 2 is 1.33 bits per heavy atom. The monoisotopic (exact) mass is 641 g/mol. The molecule has 0 unspecified atom stereocenters. The molecule has 2 aliphatic rings. The van der Waals surface area contributed by atoms with Gasteiger partial charge in [0.05, 0.1) is 41.0 Å². The van der Waals surface area contributed by atoms with Crippen molar-refractivity contribution in [3.05, 3.63) is 58.4 Å². The highest BCUT2D eigenvalue weighted by atomic mass is 32.2. The van der Waals surface area contributed by atoms with E-state index >= 15 is 8.78 Å². The number of aromatic nitrogens is 1. The maximum atomic E-state index is 15.7. The number of fused-ring (bicyclic) bond motifs is 1. The van der Waals surface area contributed by atoms with Crippen LogP contribution in [0.5, 0.6) is 5.75 Å². The van der Waals surface area contributed by atoms with Crippen LogP contribution in [0.15, 0.2) is 41.3 Å². The zero-order chi connectivity index (χ0) is 31.3. The minimum absolute atomic E-state index is 0.0569. The number of rotatable bonds is 6. The predicted molar refractivity (Wildman–Crippen MR) is 155 cm³/mol. The van der Waals surface area contributed by atoms with Crippen molar-refractivity contribution in [2.24, 2.45) is 0 Å². The number of piperazine rings is 2.